The summed E-state index contributed by atoms with van der Waals surface area (Å²) in [5.41, 5.74) is 0.765. The van der Waals surface area contributed by atoms with Crippen LogP contribution in [0.3, 0.4) is 0 Å². The van der Waals surface area contributed by atoms with Gasteiger partial charge in [-0.3, -0.25) is 14.5 Å². The molecule has 0 bridgehead atoms. The third-order valence-corrected chi connectivity index (χ3v) is 4.30. The van der Waals surface area contributed by atoms with Crippen LogP contribution < -0.4 is 0 Å². The molecule has 0 radical (unpaired) electrons. The summed E-state index contributed by atoms with van der Waals surface area (Å²) >= 11 is 0. The summed E-state index contributed by atoms with van der Waals surface area (Å²) in [6, 6.07) is 11.3. The van der Waals surface area contributed by atoms with E-state index in [-0.39, 0.29) is 29.2 Å². The molecule has 134 valence electrons. The molecule has 0 unspecified atom stereocenters. The third-order valence-electron chi connectivity index (χ3n) is 4.30. The first kappa shape index (κ1) is 17.8. The molecule has 3 rings (SSSR count). The Morgan fingerprint density at radius 3 is 2.08 bits per heavy atom. The molecule has 1 aliphatic rings. The molecule has 0 aliphatic carbocycles. The number of amides is 2. The molecule has 2 amide bonds. The second kappa shape index (κ2) is 7.07. The number of nitrogens with zero attached hydrogens (tertiary/aromatic N) is 1. The number of benzene rings is 2. The summed E-state index contributed by atoms with van der Waals surface area (Å²) in [7, 11) is 0. The maximum Gasteiger partial charge on any atom is 0.329 e. The molecule has 0 aromatic heterocycles. The van der Waals surface area contributed by atoms with Crippen molar-refractivity contribution in [2.75, 3.05) is 0 Å². The van der Waals surface area contributed by atoms with Crippen LogP contribution in [0.5, 0.6) is 0 Å². The summed E-state index contributed by atoms with van der Waals surface area (Å²) < 4.78 is 18.9. The Balaban J connectivity index is 1.82. The Morgan fingerprint density at radius 1 is 1.00 bits per heavy atom. The van der Waals surface area contributed by atoms with E-state index in [1.807, 2.05) is 0 Å². The lowest BCUT2D eigenvalue weighted by Crippen LogP contribution is -2.48. The summed E-state index contributed by atoms with van der Waals surface area (Å²) in [6.07, 6.45) is 0. The fourth-order valence-electron chi connectivity index (χ4n) is 2.99. The number of imide groups is 1. The van der Waals surface area contributed by atoms with Gasteiger partial charge >= 0.3 is 5.97 Å². The molecule has 1 aliphatic heterocycles. The molecule has 2 aromatic carbocycles. The second-order valence-corrected chi connectivity index (χ2v) is 6.41. The zero-order valence-electron chi connectivity index (χ0n) is 14.4. The molecule has 0 N–H and O–H groups in total. The maximum absolute atomic E-state index is 13.7. The molecular formula is C20H18FNO4. The van der Waals surface area contributed by atoms with Crippen molar-refractivity contribution in [3.8, 4) is 0 Å². The van der Waals surface area contributed by atoms with E-state index < -0.39 is 29.6 Å². The van der Waals surface area contributed by atoms with E-state index >= 15 is 0 Å². The summed E-state index contributed by atoms with van der Waals surface area (Å²) in [5, 5.41) is 0. The van der Waals surface area contributed by atoms with Gasteiger partial charge in [0.2, 0.25) is 0 Å². The Labute approximate surface area is 150 Å². The number of ether oxygens (including phenoxy) is 1. The quantitative estimate of drug-likeness (QED) is 0.610. The van der Waals surface area contributed by atoms with Gasteiger partial charge in [-0.05, 0) is 24.1 Å². The number of rotatable bonds is 5. The van der Waals surface area contributed by atoms with Crippen LogP contribution in [0, 0.1) is 11.7 Å². The number of esters is 1. The molecule has 1 atom stereocenters. The fourth-order valence-corrected chi connectivity index (χ4v) is 2.99. The van der Waals surface area contributed by atoms with Crippen LogP contribution in [0.25, 0.3) is 0 Å². The number of carbonyl (C=O) groups is 3. The fraction of sp³-hybridized carbons (Fsp3) is 0.250. The first-order valence-corrected chi connectivity index (χ1v) is 8.28. The zero-order valence-corrected chi connectivity index (χ0v) is 14.4. The number of halogens is 1. The highest BCUT2D eigenvalue weighted by Crippen LogP contribution is 2.27. The van der Waals surface area contributed by atoms with Crippen LogP contribution in [-0.2, 0) is 16.1 Å². The van der Waals surface area contributed by atoms with Crippen LogP contribution in [0.1, 0.15) is 40.1 Å². The Bertz CT molecular complexity index is 843. The molecule has 2 aromatic rings. The van der Waals surface area contributed by atoms with E-state index in [2.05, 4.69) is 0 Å². The van der Waals surface area contributed by atoms with Gasteiger partial charge in [-0.1, -0.05) is 44.2 Å². The van der Waals surface area contributed by atoms with Gasteiger partial charge in [0.1, 0.15) is 18.5 Å². The minimum absolute atomic E-state index is 0.228. The molecule has 0 saturated carbocycles. The number of hydrogen-bond donors (Lipinski definition) is 0. The Kier molecular flexibility index (Phi) is 4.84. The topological polar surface area (TPSA) is 63.7 Å². The molecule has 0 fully saturated rings. The molecule has 5 nitrogen and oxygen atoms in total. The van der Waals surface area contributed by atoms with Gasteiger partial charge in [0.25, 0.3) is 11.8 Å². The van der Waals surface area contributed by atoms with Crippen LogP contribution in [0.4, 0.5) is 4.39 Å². The predicted octanol–water partition coefficient (Wildman–Crippen LogP) is 3.19. The Hall–Kier alpha value is -3.02. The van der Waals surface area contributed by atoms with E-state index in [1.54, 1.807) is 44.2 Å². The maximum atomic E-state index is 13.7. The number of carbonyl (C=O) groups excluding carboxylic acids is 3. The molecule has 0 saturated heterocycles. The van der Waals surface area contributed by atoms with Crippen molar-refractivity contribution in [1.29, 1.82) is 0 Å². The third kappa shape index (κ3) is 3.10. The minimum atomic E-state index is -1.07. The van der Waals surface area contributed by atoms with Crippen molar-refractivity contribution >= 4 is 17.8 Å². The monoisotopic (exact) mass is 355 g/mol. The molecule has 26 heavy (non-hydrogen) atoms. The minimum Gasteiger partial charge on any atom is -0.459 e. The van der Waals surface area contributed by atoms with Crippen LogP contribution in [0.15, 0.2) is 48.5 Å². The average Bonchev–Trinajstić information content (AvgIpc) is 2.87. The lowest BCUT2D eigenvalue weighted by Gasteiger charge is -2.27. The van der Waals surface area contributed by atoms with Crippen LogP contribution in [0.2, 0.25) is 0 Å². The van der Waals surface area contributed by atoms with Crippen molar-refractivity contribution in [2.24, 2.45) is 5.92 Å². The zero-order chi connectivity index (χ0) is 18.8. The smallest absolute Gasteiger partial charge is 0.329 e. The van der Waals surface area contributed by atoms with Gasteiger partial charge < -0.3 is 4.74 Å². The van der Waals surface area contributed by atoms with Crippen molar-refractivity contribution in [3.05, 3.63) is 71.0 Å². The predicted molar refractivity (Wildman–Crippen MR) is 91.8 cm³/mol. The number of fused-ring (bicyclic) bond motifs is 1. The van der Waals surface area contributed by atoms with Crippen molar-refractivity contribution in [3.63, 3.8) is 0 Å². The highest BCUT2D eigenvalue weighted by molar-refractivity contribution is 6.22. The molecular weight excluding hydrogens is 337 g/mol. The van der Waals surface area contributed by atoms with E-state index in [0.717, 1.165) is 4.90 Å². The first-order valence-electron chi connectivity index (χ1n) is 8.28. The standard InChI is InChI=1S/C20H18FNO4/c1-12(2)17(20(25)26-11-13-7-3-6-10-16(13)21)22-18(23)14-8-4-5-9-15(14)19(22)24/h3-10,12,17H,11H2,1-2H3/t17-/m1/s1. The van der Waals surface area contributed by atoms with Crippen LogP contribution in [-0.4, -0.2) is 28.7 Å². The van der Waals surface area contributed by atoms with E-state index in [9.17, 15) is 18.8 Å². The van der Waals surface area contributed by atoms with Gasteiger partial charge in [-0.2, -0.15) is 0 Å². The highest BCUT2D eigenvalue weighted by atomic mass is 19.1. The Morgan fingerprint density at radius 2 is 1.54 bits per heavy atom. The van der Waals surface area contributed by atoms with E-state index in [1.165, 1.54) is 18.2 Å². The normalized spacial score (nSPS) is 14.5. The lowest BCUT2D eigenvalue weighted by molar-refractivity contribution is -0.151. The van der Waals surface area contributed by atoms with Gasteiger partial charge in [-0.15, -0.1) is 0 Å². The highest BCUT2D eigenvalue weighted by Gasteiger charge is 2.44. The van der Waals surface area contributed by atoms with Gasteiger partial charge in [0, 0.05) is 5.56 Å². The molecule has 1 heterocycles. The van der Waals surface area contributed by atoms with Gasteiger partial charge in [0.05, 0.1) is 11.1 Å². The average molecular weight is 355 g/mol. The molecule has 0 spiro atoms. The lowest BCUT2D eigenvalue weighted by atomic mass is 10.0. The SMILES string of the molecule is CC(C)[C@H](C(=O)OCc1ccccc1F)N1C(=O)c2ccccc2C1=O. The summed E-state index contributed by atoms with van der Waals surface area (Å²) in [6.45, 7) is 3.18. The summed E-state index contributed by atoms with van der Waals surface area (Å²) in [4.78, 5) is 38.8. The number of hydrogen-bond acceptors (Lipinski definition) is 4. The largest absolute Gasteiger partial charge is 0.459 e. The molecule has 6 heteroatoms. The van der Waals surface area contributed by atoms with Crippen molar-refractivity contribution in [1.82, 2.24) is 4.90 Å². The van der Waals surface area contributed by atoms with Gasteiger partial charge in [-0.25, -0.2) is 9.18 Å². The second-order valence-electron chi connectivity index (χ2n) is 6.41. The van der Waals surface area contributed by atoms with E-state index in [0.29, 0.717) is 0 Å². The van der Waals surface area contributed by atoms with Crippen molar-refractivity contribution < 1.29 is 23.5 Å². The van der Waals surface area contributed by atoms with Crippen molar-refractivity contribution in [2.45, 2.75) is 26.5 Å². The van der Waals surface area contributed by atoms with Crippen LogP contribution >= 0.6 is 0 Å². The van der Waals surface area contributed by atoms with E-state index in [4.69, 9.17) is 4.74 Å². The van der Waals surface area contributed by atoms with Gasteiger partial charge in [0.15, 0.2) is 0 Å². The summed E-state index contributed by atoms with van der Waals surface area (Å²) in [5.74, 6) is -2.62. The first-order chi connectivity index (χ1) is 12.4.